The Kier molecular flexibility index (Phi) is 3.83. The Bertz CT molecular complexity index is 895. The predicted octanol–water partition coefficient (Wildman–Crippen LogP) is 0.915. The molecule has 0 saturated heterocycles. The summed E-state index contributed by atoms with van der Waals surface area (Å²) < 4.78 is 29.5. The van der Waals surface area contributed by atoms with Gasteiger partial charge in [0, 0.05) is 25.2 Å². The lowest BCUT2D eigenvalue weighted by atomic mass is 10.0. The van der Waals surface area contributed by atoms with E-state index in [2.05, 4.69) is 15.1 Å². The second kappa shape index (κ2) is 5.68. The number of nitrogens with zero attached hydrogens (tertiary/aromatic N) is 3. The lowest BCUT2D eigenvalue weighted by molar-refractivity contribution is 0.547. The molecular formula is C15H17N5O2S. The van der Waals surface area contributed by atoms with Crippen LogP contribution in [0.25, 0.3) is 0 Å². The zero-order chi connectivity index (χ0) is 16.6. The Labute approximate surface area is 135 Å². The minimum Gasteiger partial charge on any atom is -0.368 e. The summed E-state index contributed by atoms with van der Waals surface area (Å²) in [5.41, 5.74) is 2.24. The van der Waals surface area contributed by atoms with E-state index in [0.29, 0.717) is 18.5 Å². The van der Waals surface area contributed by atoms with Gasteiger partial charge < -0.3 is 5.32 Å². The molecule has 2 heterocycles. The third-order valence-corrected chi connectivity index (χ3v) is 5.43. The number of anilines is 1. The lowest BCUT2D eigenvalue weighted by Crippen LogP contribution is -2.43. The fourth-order valence-electron chi connectivity index (χ4n) is 2.81. The number of aryl methyl sites for hydroxylation is 2. The second-order valence-electron chi connectivity index (χ2n) is 5.58. The quantitative estimate of drug-likeness (QED) is 0.871. The van der Waals surface area contributed by atoms with Crippen LogP contribution in [0.3, 0.4) is 0 Å². The molecule has 1 aromatic heterocycles. The molecule has 3 rings (SSSR count). The largest absolute Gasteiger partial charge is 0.368 e. The number of rotatable bonds is 3. The summed E-state index contributed by atoms with van der Waals surface area (Å²) in [4.78, 5) is 0.102. The van der Waals surface area contributed by atoms with E-state index >= 15 is 0 Å². The van der Waals surface area contributed by atoms with Crippen LogP contribution in [-0.2, 0) is 23.5 Å². The molecule has 1 unspecified atom stereocenters. The van der Waals surface area contributed by atoms with Crippen molar-refractivity contribution in [2.45, 2.75) is 24.3 Å². The average molecular weight is 331 g/mol. The average Bonchev–Trinajstić information content (AvgIpc) is 2.81. The van der Waals surface area contributed by atoms with E-state index in [-0.39, 0.29) is 10.9 Å². The van der Waals surface area contributed by atoms with Crippen molar-refractivity contribution in [1.29, 1.82) is 5.26 Å². The SMILES string of the molecule is Cc1nn(C)c2c1CC(NS(=O)(=O)c1cccc(C#N)c1)CN2. The minimum atomic E-state index is -3.67. The van der Waals surface area contributed by atoms with Gasteiger partial charge in [-0.2, -0.15) is 10.4 Å². The van der Waals surface area contributed by atoms with Crippen LogP contribution in [0.15, 0.2) is 29.2 Å². The molecule has 0 radical (unpaired) electrons. The van der Waals surface area contributed by atoms with Crippen LogP contribution >= 0.6 is 0 Å². The molecule has 1 atom stereocenters. The lowest BCUT2D eigenvalue weighted by Gasteiger charge is -2.25. The normalized spacial score (nSPS) is 17.2. The molecule has 23 heavy (non-hydrogen) atoms. The first-order valence-electron chi connectivity index (χ1n) is 7.19. The van der Waals surface area contributed by atoms with Crippen LogP contribution in [0.5, 0.6) is 0 Å². The summed E-state index contributed by atoms with van der Waals surface area (Å²) in [6, 6.07) is 7.69. The monoisotopic (exact) mass is 331 g/mol. The molecule has 0 saturated carbocycles. The van der Waals surface area contributed by atoms with Crippen LogP contribution in [-0.4, -0.2) is 30.8 Å². The van der Waals surface area contributed by atoms with Crippen molar-refractivity contribution in [1.82, 2.24) is 14.5 Å². The molecule has 0 bridgehead atoms. The molecule has 1 aliphatic heterocycles. The van der Waals surface area contributed by atoms with Gasteiger partial charge in [0.25, 0.3) is 0 Å². The minimum absolute atomic E-state index is 0.102. The summed E-state index contributed by atoms with van der Waals surface area (Å²) in [5, 5.41) is 16.5. The number of nitrogens with one attached hydrogen (secondary N) is 2. The molecule has 0 fully saturated rings. The zero-order valence-corrected chi connectivity index (χ0v) is 13.7. The number of hydrogen-bond acceptors (Lipinski definition) is 5. The van der Waals surface area contributed by atoms with Crippen LogP contribution < -0.4 is 10.0 Å². The van der Waals surface area contributed by atoms with Crippen molar-refractivity contribution in [3.8, 4) is 6.07 Å². The van der Waals surface area contributed by atoms with E-state index in [0.717, 1.165) is 17.1 Å². The molecule has 1 aliphatic rings. The summed E-state index contributed by atoms with van der Waals surface area (Å²) >= 11 is 0. The summed E-state index contributed by atoms with van der Waals surface area (Å²) in [6.07, 6.45) is 0.583. The third kappa shape index (κ3) is 2.93. The van der Waals surface area contributed by atoms with E-state index < -0.39 is 10.0 Å². The highest BCUT2D eigenvalue weighted by Gasteiger charge is 2.27. The zero-order valence-electron chi connectivity index (χ0n) is 12.9. The van der Waals surface area contributed by atoms with Gasteiger partial charge in [0.15, 0.2) is 0 Å². The molecule has 7 nitrogen and oxygen atoms in total. The van der Waals surface area contributed by atoms with Crippen molar-refractivity contribution < 1.29 is 8.42 Å². The van der Waals surface area contributed by atoms with Gasteiger partial charge in [-0.1, -0.05) is 6.07 Å². The van der Waals surface area contributed by atoms with Crippen molar-refractivity contribution in [2.24, 2.45) is 7.05 Å². The molecule has 0 aliphatic carbocycles. The van der Waals surface area contributed by atoms with Crippen LogP contribution in [0.1, 0.15) is 16.8 Å². The van der Waals surface area contributed by atoms with Gasteiger partial charge in [-0.3, -0.25) is 4.68 Å². The van der Waals surface area contributed by atoms with E-state index in [1.165, 1.54) is 12.1 Å². The van der Waals surface area contributed by atoms with Gasteiger partial charge in [0.2, 0.25) is 10.0 Å². The summed E-state index contributed by atoms with van der Waals surface area (Å²) in [6.45, 7) is 2.40. The topological polar surface area (TPSA) is 99.8 Å². The van der Waals surface area contributed by atoms with E-state index in [1.54, 1.807) is 16.8 Å². The van der Waals surface area contributed by atoms with Crippen molar-refractivity contribution in [3.63, 3.8) is 0 Å². The maximum absolute atomic E-state index is 12.5. The maximum Gasteiger partial charge on any atom is 0.240 e. The standard InChI is InChI=1S/C15H17N5O2S/c1-10-14-7-12(9-17-15(14)20(2)18-10)19-23(21,22)13-5-3-4-11(6-13)8-16/h3-6,12,17,19H,7,9H2,1-2H3. The van der Waals surface area contributed by atoms with Gasteiger partial charge >= 0.3 is 0 Å². The number of benzene rings is 1. The van der Waals surface area contributed by atoms with Crippen LogP contribution in [0.4, 0.5) is 5.82 Å². The summed E-state index contributed by atoms with van der Waals surface area (Å²) in [7, 11) is -1.81. The Balaban J connectivity index is 1.82. The van der Waals surface area contributed by atoms with Crippen molar-refractivity contribution in [3.05, 3.63) is 41.1 Å². The van der Waals surface area contributed by atoms with Crippen molar-refractivity contribution >= 4 is 15.8 Å². The van der Waals surface area contributed by atoms with Crippen molar-refractivity contribution in [2.75, 3.05) is 11.9 Å². The van der Waals surface area contributed by atoms with E-state index in [1.807, 2.05) is 20.0 Å². The molecule has 120 valence electrons. The first-order chi connectivity index (χ1) is 10.9. The third-order valence-electron chi connectivity index (χ3n) is 3.91. The molecular weight excluding hydrogens is 314 g/mol. The van der Waals surface area contributed by atoms with Gasteiger partial charge in [-0.25, -0.2) is 13.1 Å². The Morgan fingerprint density at radius 2 is 2.26 bits per heavy atom. The number of fused-ring (bicyclic) bond motifs is 1. The predicted molar refractivity (Wildman–Crippen MR) is 85.4 cm³/mol. The molecule has 0 spiro atoms. The Hall–Kier alpha value is -2.37. The fourth-order valence-corrected chi connectivity index (χ4v) is 4.09. The number of nitriles is 1. The molecule has 8 heteroatoms. The second-order valence-corrected chi connectivity index (χ2v) is 7.29. The first-order valence-corrected chi connectivity index (χ1v) is 8.68. The Morgan fingerprint density at radius 1 is 1.48 bits per heavy atom. The molecule has 0 amide bonds. The van der Waals surface area contributed by atoms with Crippen LogP contribution in [0.2, 0.25) is 0 Å². The first kappa shape index (κ1) is 15.5. The maximum atomic E-state index is 12.5. The number of aromatic nitrogens is 2. The van der Waals surface area contributed by atoms with Gasteiger partial charge in [0.05, 0.1) is 22.2 Å². The highest BCUT2D eigenvalue weighted by Crippen LogP contribution is 2.25. The highest BCUT2D eigenvalue weighted by atomic mass is 32.2. The molecule has 2 N–H and O–H groups in total. The number of sulfonamides is 1. The van der Waals surface area contributed by atoms with E-state index in [4.69, 9.17) is 5.26 Å². The Morgan fingerprint density at radius 3 is 3.00 bits per heavy atom. The summed E-state index contributed by atoms with van der Waals surface area (Å²) in [5.74, 6) is 0.935. The smallest absolute Gasteiger partial charge is 0.240 e. The van der Waals surface area contributed by atoms with Crippen LogP contribution in [0, 0.1) is 18.3 Å². The van der Waals surface area contributed by atoms with E-state index in [9.17, 15) is 8.42 Å². The van der Waals surface area contributed by atoms with Gasteiger partial charge in [0.1, 0.15) is 5.82 Å². The molecule has 1 aromatic carbocycles. The van der Waals surface area contributed by atoms with Gasteiger partial charge in [-0.05, 0) is 31.5 Å². The molecule has 2 aromatic rings. The highest BCUT2D eigenvalue weighted by molar-refractivity contribution is 7.89. The van der Waals surface area contributed by atoms with Gasteiger partial charge in [-0.15, -0.1) is 0 Å². The fraction of sp³-hybridized carbons (Fsp3) is 0.333. The number of hydrogen-bond donors (Lipinski definition) is 2.